The van der Waals surface area contributed by atoms with Crippen LogP contribution in [0, 0.1) is 0 Å². The number of sulfonamides is 1. The van der Waals surface area contributed by atoms with E-state index in [0.29, 0.717) is 12.1 Å². The van der Waals surface area contributed by atoms with Gasteiger partial charge in [-0.1, -0.05) is 6.07 Å². The van der Waals surface area contributed by atoms with Crippen LogP contribution in [0.15, 0.2) is 36.8 Å². The zero-order valence-electron chi connectivity index (χ0n) is 13.1. The van der Waals surface area contributed by atoms with E-state index in [-0.39, 0.29) is 6.54 Å². The number of anilines is 1. The number of hydrogen-bond donors (Lipinski definition) is 0. The van der Waals surface area contributed by atoms with Gasteiger partial charge in [-0.15, -0.1) is 0 Å². The SMILES string of the molecule is CS(=O)(=O)CCS(=O)(=O)N1CCc2c(-c3ccccn3)cncc21. The van der Waals surface area contributed by atoms with Crippen LogP contribution in [0.3, 0.4) is 0 Å². The minimum Gasteiger partial charge on any atom is -0.268 e. The highest BCUT2D eigenvalue weighted by molar-refractivity contribution is 7.95. The molecule has 0 atom stereocenters. The van der Waals surface area contributed by atoms with Crippen LogP contribution in [-0.4, -0.2) is 51.1 Å². The Balaban J connectivity index is 1.96. The highest BCUT2D eigenvalue weighted by Gasteiger charge is 2.32. The summed E-state index contributed by atoms with van der Waals surface area (Å²) < 4.78 is 48.8. The van der Waals surface area contributed by atoms with E-state index in [0.717, 1.165) is 23.1 Å². The van der Waals surface area contributed by atoms with Crippen molar-refractivity contribution < 1.29 is 16.8 Å². The van der Waals surface area contributed by atoms with Crippen molar-refractivity contribution in [3.05, 3.63) is 42.4 Å². The summed E-state index contributed by atoms with van der Waals surface area (Å²) >= 11 is 0. The molecular weight excluding hydrogens is 350 g/mol. The molecule has 2 aromatic heterocycles. The summed E-state index contributed by atoms with van der Waals surface area (Å²) in [7, 11) is -7.06. The van der Waals surface area contributed by atoms with Crippen molar-refractivity contribution in [1.29, 1.82) is 0 Å². The van der Waals surface area contributed by atoms with Crippen LogP contribution >= 0.6 is 0 Å². The van der Waals surface area contributed by atoms with E-state index in [2.05, 4.69) is 9.97 Å². The maximum atomic E-state index is 12.5. The number of rotatable bonds is 5. The first-order chi connectivity index (χ1) is 11.3. The van der Waals surface area contributed by atoms with Crippen molar-refractivity contribution >= 4 is 25.5 Å². The van der Waals surface area contributed by atoms with Gasteiger partial charge < -0.3 is 0 Å². The van der Waals surface area contributed by atoms with Crippen LogP contribution in [0.1, 0.15) is 5.56 Å². The summed E-state index contributed by atoms with van der Waals surface area (Å²) in [5.41, 5.74) is 2.91. The first-order valence-electron chi connectivity index (χ1n) is 7.34. The number of sulfone groups is 1. The predicted octanol–water partition coefficient (Wildman–Crippen LogP) is 0.880. The Morgan fingerprint density at radius 2 is 1.92 bits per heavy atom. The number of aromatic nitrogens is 2. The second-order valence-corrected chi connectivity index (χ2v) is 9.94. The molecule has 0 saturated carbocycles. The molecule has 2 aromatic rings. The summed E-state index contributed by atoms with van der Waals surface area (Å²) in [4.78, 5) is 8.44. The van der Waals surface area contributed by atoms with Gasteiger partial charge in [-0.3, -0.25) is 14.3 Å². The molecule has 0 spiro atoms. The van der Waals surface area contributed by atoms with Crippen molar-refractivity contribution in [2.45, 2.75) is 6.42 Å². The fourth-order valence-electron chi connectivity index (χ4n) is 2.69. The molecule has 24 heavy (non-hydrogen) atoms. The molecule has 0 N–H and O–H groups in total. The third-order valence-electron chi connectivity index (χ3n) is 3.86. The Labute approximate surface area is 141 Å². The van der Waals surface area contributed by atoms with Crippen molar-refractivity contribution in [2.75, 3.05) is 28.6 Å². The molecule has 3 heterocycles. The molecule has 9 heteroatoms. The highest BCUT2D eigenvalue weighted by atomic mass is 32.2. The largest absolute Gasteiger partial charge is 0.268 e. The van der Waals surface area contributed by atoms with Gasteiger partial charge >= 0.3 is 0 Å². The number of fused-ring (bicyclic) bond motifs is 1. The average molecular weight is 367 g/mol. The Bertz CT molecular complexity index is 957. The topological polar surface area (TPSA) is 97.3 Å². The first-order valence-corrected chi connectivity index (χ1v) is 11.0. The molecule has 1 aliphatic heterocycles. The zero-order chi connectivity index (χ0) is 17.4. The van der Waals surface area contributed by atoms with Gasteiger partial charge in [-0.05, 0) is 24.1 Å². The third kappa shape index (κ3) is 3.41. The predicted molar refractivity (Wildman–Crippen MR) is 92.0 cm³/mol. The van der Waals surface area contributed by atoms with Gasteiger partial charge in [-0.25, -0.2) is 16.8 Å². The summed E-state index contributed by atoms with van der Waals surface area (Å²) in [6.07, 6.45) is 6.42. The highest BCUT2D eigenvalue weighted by Crippen LogP contribution is 2.36. The van der Waals surface area contributed by atoms with Gasteiger partial charge in [-0.2, -0.15) is 0 Å². The van der Waals surface area contributed by atoms with Crippen molar-refractivity contribution in [1.82, 2.24) is 9.97 Å². The Morgan fingerprint density at radius 3 is 2.58 bits per heavy atom. The zero-order valence-corrected chi connectivity index (χ0v) is 14.7. The molecule has 0 aliphatic carbocycles. The fourth-order valence-corrected chi connectivity index (χ4v) is 5.79. The van der Waals surface area contributed by atoms with Crippen LogP contribution in [0.5, 0.6) is 0 Å². The normalized spacial score (nSPS) is 14.6. The Morgan fingerprint density at radius 1 is 1.12 bits per heavy atom. The smallest absolute Gasteiger partial charge is 0.236 e. The molecule has 0 saturated heterocycles. The number of nitrogens with zero attached hydrogens (tertiary/aromatic N) is 3. The van der Waals surface area contributed by atoms with E-state index in [1.165, 1.54) is 10.5 Å². The van der Waals surface area contributed by atoms with Gasteiger partial charge in [0.25, 0.3) is 0 Å². The van der Waals surface area contributed by atoms with E-state index in [1.807, 2.05) is 18.2 Å². The second kappa shape index (κ2) is 6.14. The third-order valence-corrected chi connectivity index (χ3v) is 6.83. The molecule has 0 radical (unpaired) electrons. The van der Waals surface area contributed by atoms with Crippen LogP contribution < -0.4 is 4.31 Å². The van der Waals surface area contributed by atoms with Crippen molar-refractivity contribution in [3.63, 3.8) is 0 Å². The van der Waals surface area contributed by atoms with Crippen molar-refractivity contribution in [2.24, 2.45) is 0 Å². The maximum Gasteiger partial charge on any atom is 0.236 e. The molecule has 0 aromatic carbocycles. The van der Waals surface area contributed by atoms with Gasteiger partial charge in [0, 0.05) is 30.8 Å². The molecule has 7 nitrogen and oxygen atoms in total. The van der Waals surface area contributed by atoms with Gasteiger partial charge in [0.2, 0.25) is 10.0 Å². The van der Waals surface area contributed by atoms with Crippen molar-refractivity contribution in [3.8, 4) is 11.3 Å². The van der Waals surface area contributed by atoms with E-state index in [9.17, 15) is 16.8 Å². The molecule has 128 valence electrons. The summed E-state index contributed by atoms with van der Waals surface area (Å²) in [5.74, 6) is -0.826. The lowest BCUT2D eigenvalue weighted by molar-refractivity contribution is 0.587. The summed E-state index contributed by atoms with van der Waals surface area (Å²) in [6.45, 7) is 0.285. The lowest BCUT2D eigenvalue weighted by Crippen LogP contribution is -2.33. The average Bonchev–Trinajstić information content (AvgIpc) is 2.98. The van der Waals surface area contributed by atoms with E-state index in [1.54, 1.807) is 12.4 Å². The Kier molecular flexibility index (Phi) is 4.31. The molecule has 3 rings (SSSR count). The second-order valence-electron chi connectivity index (χ2n) is 5.67. The first kappa shape index (κ1) is 16.8. The molecule has 0 bridgehead atoms. The molecule has 1 aliphatic rings. The summed E-state index contributed by atoms with van der Waals surface area (Å²) in [6, 6.07) is 5.51. The van der Waals surface area contributed by atoms with Gasteiger partial charge in [0.15, 0.2) is 0 Å². The van der Waals surface area contributed by atoms with E-state index in [4.69, 9.17) is 0 Å². The van der Waals surface area contributed by atoms with Gasteiger partial charge in [0.1, 0.15) is 9.84 Å². The van der Waals surface area contributed by atoms with E-state index >= 15 is 0 Å². The quantitative estimate of drug-likeness (QED) is 0.778. The molecule has 0 unspecified atom stereocenters. The Hall–Kier alpha value is -2.00. The molecule has 0 fully saturated rings. The monoisotopic (exact) mass is 367 g/mol. The molecular formula is C15H17N3O4S2. The fraction of sp³-hybridized carbons (Fsp3) is 0.333. The number of hydrogen-bond acceptors (Lipinski definition) is 6. The van der Waals surface area contributed by atoms with Crippen LogP contribution in [0.2, 0.25) is 0 Å². The maximum absolute atomic E-state index is 12.5. The van der Waals surface area contributed by atoms with Crippen LogP contribution in [0.25, 0.3) is 11.3 Å². The molecule has 0 amide bonds. The van der Waals surface area contributed by atoms with Crippen LogP contribution in [-0.2, 0) is 26.3 Å². The summed E-state index contributed by atoms with van der Waals surface area (Å²) in [5, 5.41) is 0. The minimum atomic E-state index is -3.71. The van der Waals surface area contributed by atoms with Gasteiger partial charge in [0.05, 0.1) is 29.1 Å². The standard InChI is InChI=1S/C15H17N3O4S2/c1-23(19,20)8-9-24(21,22)18-7-5-12-13(10-16-11-15(12)18)14-4-2-3-6-17-14/h2-4,6,10-11H,5,7-9H2,1H3. The minimum absolute atomic E-state index is 0.285. The van der Waals surface area contributed by atoms with Crippen LogP contribution in [0.4, 0.5) is 5.69 Å². The van der Waals surface area contributed by atoms with E-state index < -0.39 is 31.4 Å². The lowest BCUT2D eigenvalue weighted by Gasteiger charge is -2.19. The lowest BCUT2D eigenvalue weighted by atomic mass is 10.0. The number of pyridine rings is 2.